The summed E-state index contributed by atoms with van der Waals surface area (Å²) in [5, 5.41) is 7.32. The van der Waals surface area contributed by atoms with Crippen LogP contribution in [0.5, 0.6) is 0 Å². The van der Waals surface area contributed by atoms with E-state index in [0.717, 1.165) is 13.1 Å². The van der Waals surface area contributed by atoms with Crippen LogP contribution in [-0.4, -0.2) is 49.7 Å². The maximum Gasteiger partial charge on any atom is 0.0331 e. The van der Waals surface area contributed by atoms with Crippen LogP contribution in [0.2, 0.25) is 0 Å². The molecule has 2 saturated heterocycles. The maximum atomic E-state index is 3.77. The molecule has 1 spiro atoms. The number of hydrogen-bond donors (Lipinski definition) is 2. The van der Waals surface area contributed by atoms with Crippen LogP contribution in [0.4, 0.5) is 0 Å². The molecule has 3 rings (SSSR count). The van der Waals surface area contributed by atoms with Crippen molar-refractivity contribution in [3.8, 4) is 0 Å². The highest BCUT2D eigenvalue weighted by Crippen LogP contribution is 2.23. The highest BCUT2D eigenvalue weighted by Gasteiger charge is 2.34. The molecule has 0 bridgehead atoms. The Morgan fingerprint density at radius 1 is 0.913 bits per heavy atom. The Bertz CT molecular complexity index is 429. The number of aryl methyl sites for hydroxylation is 1. The standard InChI is InChI=1S/C20H33N3/c1(4-8-19-9-5-3-6-10-19)2-7-15-23-16-11-20(12-17-23)18-21-13-14-22-20/h3,5-6,9-10,21-22H,1-2,4,7-8,11-18H2. The number of nitrogens with zero attached hydrogens (tertiary/aromatic N) is 1. The Morgan fingerprint density at radius 2 is 1.70 bits per heavy atom. The lowest BCUT2D eigenvalue weighted by atomic mass is 9.86. The number of nitrogens with one attached hydrogen (secondary N) is 2. The third-order valence-corrected chi connectivity index (χ3v) is 5.61. The first kappa shape index (κ1) is 16.9. The van der Waals surface area contributed by atoms with Gasteiger partial charge in [-0.3, -0.25) is 0 Å². The summed E-state index contributed by atoms with van der Waals surface area (Å²) in [6.45, 7) is 7.29. The molecule has 0 aliphatic carbocycles. The summed E-state index contributed by atoms with van der Waals surface area (Å²) < 4.78 is 0. The zero-order valence-corrected chi connectivity index (χ0v) is 14.5. The number of piperazine rings is 1. The topological polar surface area (TPSA) is 27.3 Å². The van der Waals surface area contributed by atoms with E-state index < -0.39 is 0 Å². The molecule has 0 atom stereocenters. The van der Waals surface area contributed by atoms with Gasteiger partial charge in [0.05, 0.1) is 0 Å². The predicted octanol–water partition coefficient (Wildman–Crippen LogP) is 2.82. The van der Waals surface area contributed by atoms with E-state index in [4.69, 9.17) is 0 Å². The van der Waals surface area contributed by atoms with Gasteiger partial charge in [-0.15, -0.1) is 0 Å². The molecule has 1 aromatic rings. The zero-order chi connectivity index (χ0) is 15.8. The second-order valence-electron chi connectivity index (χ2n) is 7.38. The van der Waals surface area contributed by atoms with Gasteiger partial charge in [0.25, 0.3) is 0 Å². The minimum Gasteiger partial charge on any atom is -0.314 e. The van der Waals surface area contributed by atoms with Gasteiger partial charge >= 0.3 is 0 Å². The second-order valence-corrected chi connectivity index (χ2v) is 7.38. The first-order valence-corrected chi connectivity index (χ1v) is 9.58. The molecule has 2 heterocycles. The van der Waals surface area contributed by atoms with Crippen LogP contribution in [-0.2, 0) is 6.42 Å². The van der Waals surface area contributed by atoms with E-state index in [1.165, 1.54) is 76.7 Å². The summed E-state index contributed by atoms with van der Waals surface area (Å²) in [5.74, 6) is 0. The van der Waals surface area contributed by atoms with Gasteiger partial charge in [-0.1, -0.05) is 43.2 Å². The van der Waals surface area contributed by atoms with Gasteiger partial charge in [-0.25, -0.2) is 0 Å². The first-order chi connectivity index (χ1) is 11.4. The second kappa shape index (κ2) is 8.81. The average Bonchev–Trinajstić information content (AvgIpc) is 2.61. The van der Waals surface area contributed by atoms with Crippen LogP contribution in [0, 0.1) is 0 Å². The Kier molecular flexibility index (Phi) is 6.49. The van der Waals surface area contributed by atoms with E-state index >= 15 is 0 Å². The van der Waals surface area contributed by atoms with Crippen LogP contribution >= 0.6 is 0 Å². The normalized spacial score (nSPS) is 21.6. The summed E-state index contributed by atoms with van der Waals surface area (Å²) in [6.07, 6.45) is 9.33. The van der Waals surface area contributed by atoms with Crippen LogP contribution < -0.4 is 10.6 Å². The number of hydrogen-bond acceptors (Lipinski definition) is 3. The average molecular weight is 316 g/mol. The number of benzene rings is 1. The summed E-state index contributed by atoms with van der Waals surface area (Å²) in [5.41, 5.74) is 1.90. The fourth-order valence-corrected chi connectivity index (χ4v) is 4.03. The van der Waals surface area contributed by atoms with Crippen molar-refractivity contribution in [2.75, 3.05) is 39.3 Å². The smallest absolute Gasteiger partial charge is 0.0331 e. The highest BCUT2D eigenvalue weighted by molar-refractivity contribution is 5.14. The number of unbranched alkanes of at least 4 members (excludes halogenated alkanes) is 3. The zero-order valence-electron chi connectivity index (χ0n) is 14.5. The van der Waals surface area contributed by atoms with E-state index in [1.54, 1.807) is 0 Å². The first-order valence-electron chi connectivity index (χ1n) is 9.58. The van der Waals surface area contributed by atoms with Gasteiger partial charge in [0, 0.05) is 25.2 Å². The molecule has 0 amide bonds. The third-order valence-electron chi connectivity index (χ3n) is 5.61. The van der Waals surface area contributed by atoms with Crippen molar-refractivity contribution in [2.24, 2.45) is 0 Å². The molecule has 3 heteroatoms. The van der Waals surface area contributed by atoms with Gasteiger partial charge in [-0.2, -0.15) is 0 Å². The third kappa shape index (κ3) is 5.30. The molecule has 0 aromatic heterocycles. The van der Waals surface area contributed by atoms with E-state index in [2.05, 4.69) is 45.9 Å². The SMILES string of the molecule is c1ccc(CCCCCCN2CCC3(CC2)CNCCN3)cc1. The van der Waals surface area contributed by atoms with Crippen LogP contribution in [0.15, 0.2) is 30.3 Å². The quantitative estimate of drug-likeness (QED) is 0.758. The maximum absolute atomic E-state index is 3.77. The van der Waals surface area contributed by atoms with Crippen molar-refractivity contribution in [3.05, 3.63) is 35.9 Å². The molecule has 3 nitrogen and oxygen atoms in total. The van der Waals surface area contributed by atoms with Crippen LogP contribution in [0.1, 0.15) is 44.1 Å². The molecule has 23 heavy (non-hydrogen) atoms. The Labute approximate surface area is 141 Å². The highest BCUT2D eigenvalue weighted by atomic mass is 15.2. The molecule has 0 saturated carbocycles. The molecule has 128 valence electrons. The van der Waals surface area contributed by atoms with Crippen molar-refractivity contribution in [3.63, 3.8) is 0 Å². The lowest BCUT2D eigenvalue weighted by Gasteiger charge is -2.45. The van der Waals surface area contributed by atoms with Crippen LogP contribution in [0.3, 0.4) is 0 Å². The Hall–Kier alpha value is -0.900. The summed E-state index contributed by atoms with van der Waals surface area (Å²) in [4.78, 5) is 2.68. The minimum atomic E-state index is 0.407. The fraction of sp³-hybridized carbons (Fsp3) is 0.700. The monoisotopic (exact) mass is 315 g/mol. The van der Waals surface area contributed by atoms with E-state index in [-0.39, 0.29) is 0 Å². The van der Waals surface area contributed by atoms with Crippen molar-refractivity contribution in [2.45, 2.75) is 50.5 Å². The molecule has 2 aliphatic heterocycles. The minimum absolute atomic E-state index is 0.407. The molecule has 0 radical (unpaired) electrons. The molecule has 2 N–H and O–H groups in total. The lowest BCUT2D eigenvalue weighted by Crippen LogP contribution is -2.63. The van der Waals surface area contributed by atoms with E-state index in [0.29, 0.717) is 5.54 Å². The van der Waals surface area contributed by atoms with Gasteiger partial charge in [-0.05, 0) is 57.3 Å². The summed E-state index contributed by atoms with van der Waals surface area (Å²) >= 11 is 0. The molecule has 1 aromatic carbocycles. The van der Waals surface area contributed by atoms with E-state index in [9.17, 15) is 0 Å². The molecule has 2 fully saturated rings. The number of piperidine rings is 1. The van der Waals surface area contributed by atoms with Crippen molar-refractivity contribution < 1.29 is 0 Å². The number of likely N-dealkylation sites (tertiary alicyclic amines) is 1. The van der Waals surface area contributed by atoms with Gasteiger partial charge in [0.2, 0.25) is 0 Å². The lowest BCUT2D eigenvalue weighted by molar-refractivity contribution is 0.120. The Balaban J connectivity index is 1.23. The van der Waals surface area contributed by atoms with Crippen LogP contribution in [0.25, 0.3) is 0 Å². The largest absolute Gasteiger partial charge is 0.314 e. The molecular formula is C20H33N3. The Morgan fingerprint density at radius 3 is 2.43 bits per heavy atom. The predicted molar refractivity (Wildman–Crippen MR) is 97.9 cm³/mol. The molecule has 0 unspecified atom stereocenters. The van der Waals surface area contributed by atoms with Crippen molar-refractivity contribution >= 4 is 0 Å². The number of rotatable bonds is 7. The van der Waals surface area contributed by atoms with Crippen molar-refractivity contribution in [1.82, 2.24) is 15.5 Å². The molecule has 2 aliphatic rings. The molecular weight excluding hydrogens is 282 g/mol. The fourth-order valence-electron chi connectivity index (χ4n) is 4.03. The van der Waals surface area contributed by atoms with Crippen molar-refractivity contribution in [1.29, 1.82) is 0 Å². The van der Waals surface area contributed by atoms with Gasteiger partial charge < -0.3 is 15.5 Å². The summed E-state index contributed by atoms with van der Waals surface area (Å²) in [7, 11) is 0. The van der Waals surface area contributed by atoms with Gasteiger partial charge in [0.1, 0.15) is 0 Å². The summed E-state index contributed by atoms with van der Waals surface area (Å²) in [6, 6.07) is 10.9. The van der Waals surface area contributed by atoms with E-state index in [1.807, 2.05) is 0 Å². The van der Waals surface area contributed by atoms with Gasteiger partial charge in [0.15, 0.2) is 0 Å².